The van der Waals surface area contributed by atoms with Crippen molar-refractivity contribution in [3.05, 3.63) is 10.4 Å². The summed E-state index contributed by atoms with van der Waals surface area (Å²) in [5.41, 5.74) is 8.14. The fourth-order valence-electron chi connectivity index (χ4n) is 6.73. The van der Waals surface area contributed by atoms with E-state index < -0.39 is 51.5 Å². The lowest BCUT2D eigenvalue weighted by atomic mass is 10.0. The number of carbonyl (C=O) groups is 7. The van der Waals surface area contributed by atoms with Crippen molar-refractivity contribution in [3.63, 3.8) is 0 Å². The Morgan fingerprint density at radius 2 is 1.66 bits per heavy atom. The molecule has 0 aromatic rings. The van der Waals surface area contributed by atoms with Crippen LogP contribution in [0.5, 0.6) is 0 Å². The highest BCUT2D eigenvalue weighted by Gasteiger charge is 2.42. The van der Waals surface area contributed by atoms with E-state index in [2.05, 4.69) is 47.2 Å². The molecular formula is C40H72N10O11S2Si. The largest absolute Gasteiger partial charge is 0.480 e. The number of ether oxygens (including phenoxy) is 1. The molecule has 2 rings (SSSR count). The quantitative estimate of drug-likeness (QED) is 0.0110. The molecule has 0 aliphatic carbocycles. The predicted octanol–water partition coefficient (Wildman–Crippen LogP) is 1.91. The third kappa shape index (κ3) is 25.6. The number of unbranched alkanes of at least 4 members (excludes halogenated alkanes) is 5. The molecule has 0 bridgehead atoms. The Hall–Kier alpha value is -3.80. The van der Waals surface area contributed by atoms with Gasteiger partial charge in [0.2, 0.25) is 29.5 Å². The van der Waals surface area contributed by atoms with Gasteiger partial charge < -0.3 is 55.9 Å². The van der Waals surface area contributed by atoms with Crippen molar-refractivity contribution in [1.29, 1.82) is 0 Å². The molecule has 0 spiro atoms. The van der Waals surface area contributed by atoms with Gasteiger partial charge in [-0.15, -0.1) is 0 Å². The Morgan fingerprint density at radius 1 is 0.906 bits per heavy atom. The van der Waals surface area contributed by atoms with Crippen LogP contribution < -0.4 is 37.2 Å². The lowest BCUT2D eigenvalue weighted by molar-refractivity contribution is -0.142. The number of hydrogen-bond acceptors (Lipinski definition) is 13. The van der Waals surface area contributed by atoms with E-state index in [1.165, 1.54) is 13.8 Å². The Kier molecular flexibility index (Phi) is 28.9. The van der Waals surface area contributed by atoms with Gasteiger partial charge >= 0.3 is 22.0 Å². The highest BCUT2D eigenvalue weighted by molar-refractivity contribution is 8.00. The van der Waals surface area contributed by atoms with Crippen LogP contribution in [-0.2, 0) is 42.4 Å². The van der Waals surface area contributed by atoms with Crippen molar-refractivity contribution in [1.82, 2.24) is 37.2 Å². The summed E-state index contributed by atoms with van der Waals surface area (Å²) in [6, 6.07) is -2.59. The number of aliphatic carboxylic acids is 1. The number of carboxylic acid groups (broad SMARTS) is 1. The van der Waals surface area contributed by atoms with Crippen LogP contribution in [0.1, 0.15) is 111 Å². The summed E-state index contributed by atoms with van der Waals surface area (Å²) in [6.45, 7) is 8.78. The molecule has 64 heavy (non-hydrogen) atoms. The molecule has 364 valence electrons. The molecule has 2 aliphatic rings. The van der Waals surface area contributed by atoms with E-state index >= 15 is 0 Å². The van der Waals surface area contributed by atoms with E-state index in [9.17, 15) is 38.7 Å². The van der Waals surface area contributed by atoms with Crippen LogP contribution in [0.15, 0.2) is 5.11 Å². The maximum absolute atomic E-state index is 12.5. The monoisotopic (exact) mass is 960 g/mol. The number of nitrogens with zero attached hydrogens (tertiary/aromatic N) is 3. The van der Waals surface area contributed by atoms with E-state index in [-0.39, 0.29) is 55.2 Å². The number of carbonyl (C=O) groups excluding carboxylic acids is 6. The second-order valence-corrected chi connectivity index (χ2v) is 19.9. The lowest BCUT2D eigenvalue weighted by Gasteiger charge is -2.25. The van der Waals surface area contributed by atoms with Gasteiger partial charge in [-0.2, -0.15) is 23.5 Å². The highest BCUT2D eigenvalue weighted by atomic mass is 32.2. The van der Waals surface area contributed by atoms with Crippen LogP contribution in [0.3, 0.4) is 0 Å². The summed E-state index contributed by atoms with van der Waals surface area (Å²) in [6.07, 6.45) is 8.84. The third-order valence-corrected chi connectivity index (χ3v) is 14.2. The van der Waals surface area contributed by atoms with Crippen molar-refractivity contribution in [3.8, 4) is 0 Å². The standard InChI is InChI=1S/C40H72N10O11S2Si/c1-27(45-28(2)51)36(54)47-30(24-44-50-41)37(55)43-19-10-5-6-12-21-60-64-61-40(3,4)26-59-20-13-22-62-23-17-34(53)46-29(38(56)57)14-9-11-18-42-33(52)16-8-7-15-32-35-31(25-63-32)48-39(58)49-35/h27,29-32,35H,5-26,64H2,1-4H3,(H,42,52)(H,43,55)(H,45,51)(H,46,53)(H,47,54)(H,56,57)(H2,48,49,58)/t27-,29-,30-,31?,32?,35?/m1/s1. The molecule has 0 aromatic heterocycles. The number of rotatable bonds is 37. The molecule has 0 radical (unpaired) electrons. The van der Waals surface area contributed by atoms with Crippen LogP contribution in [-0.4, -0.2) is 154 Å². The van der Waals surface area contributed by atoms with Gasteiger partial charge in [-0.05, 0) is 83.4 Å². The minimum absolute atomic E-state index is 0.0245. The van der Waals surface area contributed by atoms with Crippen LogP contribution >= 0.6 is 23.5 Å². The molecule has 6 atom stereocenters. The smallest absolute Gasteiger partial charge is 0.326 e. The third-order valence-electron chi connectivity index (χ3n) is 10.3. The number of fused-ring (bicyclic) bond motifs is 1. The molecule has 8 N–H and O–H groups in total. The van der Waals surface area contributed by atoms with E-state index in [0.717, 1.165) is 56.5 Å². The molecule has 24 heteroatoms. The SMILES string of the molecule is CC(=O)N[C@H](C)C(=O)N[C@H](CN=[N+]=[N-])C(=O)NCCCCCCO[SiH2]OC(C)(C)COCCCSCCC(=O)N[C@H](CCCCNC(=O)CCCCC1SCC2NC(=O)NC21)C(=O)O. The van der Waals surface area contributed by atoms with Crippen molar-refractivity contribution in [2.45, 2.75) is 152 Å². The average Bonchev–Trinajstić information content (AvgIpc) is 3.80. The summed E-state index contributed by atoms with van der Waals surface area (Å²) < 4.78 is 17.5. The minimum Gasteiger partial charge on any atom is -0.480 e. The Labute approximate surface area is 387 Å². The van der Waals surface area contributed by atoms with Gasteiger partial charge in [-0.3, -0.25) is 24.0 Å². The first-order valence-corrected chi connectivity index (χ1v) is 25.7. The number of urea groups is 1. The Bertz CT molecular complexity index is 1530. The average molecular weight is 961 g/mol. The van der Waals surface area contributed by atoms with Gasteiger partial charge in [0, 0.05) is 67.7 Å². The Balaban J connectivity index is 1.41. The maximum atomic E-state index is 12.5. The van der Waals surface area contributed by atoms with Crippen molar-refractivity contribution >= 4 is 75.1 Å². The summed E-state index contributed by atoms with van der Waals surface area (Å²) >= 11 is 3.47. The van der Waals surface area contributed by atoms with E-state index in [1.54, 1.807) is 11.8 Å². The molecule has 2 heterocycles. The minimum atomic E-state index is -1.21. The van der Waals surface area contributed by atoms with Gasteiger partial charge in [0.1, 0.15) is 18.1 Å². The van der Waals surface area contributed by atoms with E-state index in [0.29, 0.717) is 69.6 Å². The zero-order chi connectivity index (χ0) is 47.2. The van der Waals surface area contributed by atoms with Crippen molar-refractivity contribution in [2.24, 2.45) is 5.11 Å². The first-order valence-electron chi connectivity index (χ1n) is 22.3. The normalized spacial score (nSPS) is 18.2. The first-order chi connectivity index (χ1) is 30.6. The molecule has 7 amide bonds. The van der Waals surface area contributed by atoms with Gasteiger partial charge in [0.05, 0.1) is 30.8 Å². The molecule has 2 aliphatic heterocycles. The second kappa shape index (κ2) is 32.8. The fraction of sp³-hybridized carbons (Fsp3) is 0.825. The van der Waals surface area contributed by atoms with Gasteiger partial charge in [-0.1, -0.05) is 24.4 Å². The molecule has 3 unspecified atom stereocenters. The fourth-order valence-corrected chi connectivity index (χ4v) is 9.94. The van der Waals surface area contributed by atoms with Crippen molar-refractivity contribution in [2.75, 3.05) is 56.7 Å². The second-order valence-electron chi connectivity index (χ2n) is 16.5. The number of nitrogens with one attached hydrogen (secondary N) is 7. The molecule has 2 fully saturated rings. The number of thioether (sulfide) groups is 2. The van der Waals surface area contributed by atoms with Crippen LogP contribution in [0, 0.1) is 0 Å². The summed E-state index contributed by atoms with van der Waals surface area (Å²) in [5.74, 6) is -0.542. The number of azide groups is 1. The van der Waals surface area contributed by atoms with Gasteiger partial charge in [-0.25, -0.2) is 9.59 Å². The number of hydrogen-bond donors (Lipinski definition) is 8. The number of amides is 7. The zero-order valence-corrected chi connectivity index (χ0v) is 41.0. The van der Waals surface area contributed by atoms with Crippen molar-refractivity contribution < 1.29 is 52.3 Å². The molecule has 21 nitrogen and oxygen atoms in total. The molecular weight excluding hydrogens is 889 g/mol. The summed E-state index contributed by atoms with van der Waals surface area (Å²) in [7, 11) is -1.21. The molecule has 0 aromatic carbocycles. The molecule has 2 saturated heterocycles. The predicted molar refractivity (Wildman–Crippen MR) is 248 cm³/mol. The lowest BCUT2D eigenvalue weighted by Crippen LogP contribution is -2.53. The topological polar surface area (TPSA) is 300 Å². The Morgan fingerprint density at radius 3 is 2.41 bits per heavy atom. The van der Waals surface area contributed by atoms with Crippen LogP contribution in [0.2, 0.25) is 0 Å². The van der Waals surface area contributed by atoms with E-state index in [1.807, 2.05) is 25.6 Å². The van der Waals surface area contributed by atoms with Gasteiger partial charge in [0.25, 0.3) is 0 Å². The first kappa shape index (κ1) is 56.3. The maximum Gasteiger partial charge on any atom is 0.326 e. The van der Waals surface area contributed by atoms with Crippen LogP contribution in [0.25, 0.3) is 10.4 Å². The number of carboxylic acids is 1. The summed E-state index contributed by atoms with van der Waals surface area (Å²) in [5, 5.41) is 32.5. The highest BCUT2D eigenvalue weighted by Crippen LogP contribution is 2.33. The summed E-state index contributed by atoms with van der Waals surface area (Å²) in [4.78, 5) is 86.6. The van der Waals surface area contributed by atoms with Crippen LogP contribution in [0.4, 0.5) is 4.79 Å². The zero-order valence-electron chi connectivity index (χ0n) is 37.9. The van der Waals surface area contributed by atoms with E-state index in [4.69, 9.17) is 19.1 Å². The van der Waals surface area contributed by atoms with Gasteiger partial charge in [0.15, 0.2) is 0 Å². The molecule has 0 saturated carbocycles.